The molecule has 0 saturated heterocycles. The Balaban J connectivity index is 1.70. The highest BCUT2D eigenvalue weighted by Gasteiger charge is 2.24. The van der Waals surface area contributed by atoms with Gasteiger partial charge in [-0.15, -0.1) is 0 Å². The van der Waals surface area contributed by atoms with E-state index in [2.05, 4.69) is 17.6 Å². The highest BCUT2D eigenvalue weighted by molar-refractivity contribution is 6.01. The summed E-state index contributed by atoms with van der Waals surface area (Å²) in [5.74, 6) is 1.32. The molecular weight excluding hydrogens is 328 g/mol. The summed E-state index contributed by atoms with van der Waals surface area (Å²) in [4.78, 5) is 12.3. The van der Waals surface area contributed by atoms with E-state index in [1.807, 2.05) is 42.5 Å². The number of unbranched alkanes of at least 4 members (excludes halogenated alkanes) is 3. The van der Waals surface area contributed by atoms with Crippen molar-refractivity contribution in [2.45, 2.75) is 38.8 Å². The molecule has 26 heavy (non-hydrogen) atoms. The summed E-state index contributed by atoms with van der Waals surface area (Å²) in [5, 5.41) is 6.33. The minimum absolute atomic E-state index is 0.0837. The monoisotopic (exact) mass is 354 g/mol. The summed E-state index contributed by atoms with van der Waals surface area (Å²) in [6.07, 6.45) is 4.35. The standard InChI is InChI=1S/C21H26N2O3/c1-3-4-5-8-13-26-18-12-11-15(14-19(18)25-2)20-22-17-10-7-6-9-16(17)21(24)23-20/h6-7,9-12,14,20,22H,3-5,8,13H2,1-2H3,(H,23,24). The number of benzene rings is 2. The van der Waals surface area contributed by atoms with Crippen LogP contribution < -0.4 is 20.1 Å². The summed E-state index contributed by atoms with van der Waals surface area (Å²) in [5.41, 5.74) is 2.40. The minimum atomic E-state index is -0.301. The first-order valence-corrected chi connectivity index (χ1v) is 9.20. The molecule has 5 nitrogen and oxygen atoms in total. The molecule has 3 rings (SSSR count). The molecule has 0 radical (unpaired) electrons. The van der Waals surface area contributed by atoms with E-state index < -0.39 is 0 Å². The molecule has 0 fully saturated rings. The number of amides is 1. The Hall–Kier alpha value is -2.69. The lowest BCUT2D eigenvalue weighted by Gasteiger charge is -2.28. The van der Waals surface area contributed by atoms with Crippen molar-refractivity contribution in [1.29, 1.82) is 0 Å². The van der Waals surface area contributed by atoms with E-state index in [4.69, 9.17) is 9.47 Å². The van der Waals surface area contributed by atoms with E-state index in [0.717, 1.165) is 23.4 Å². The number of nitrogens with one attached hydrogen (secondary N) is 2. The van der Waals surface area contributed by atoms with Crippen molar-refractivity contribution in [1.82, 2.24) is 5.32 Å². The lowest BCUT2D eigenvalue weighted by Crippen LogP contribution is -2.38. The van der Waals surface area contributed by atoms with Gasteiger partial charge in [-0.3, -0.25) is 4.79 Å². The van der Waals surface area contributed by atoms with Crippen LogP contribution in [0.4, 0.5) is 5.69 Å². The summed E-state index contributed by atoms with van der Waals surface area (Å²) in [6.45, 7) is 2.88. The number of rotatable bonds is 8. The van der Waals surface area contributed by atoms with Gasteiger partial charge in [-0.25, -0.2) is 0 Å². The number of anilines is 1. The first kappa shape index (κ1) is 18.1. The largest absolute Gasteiger partial charge is 0.493 e. The molecular formula is C21H26N2O3. The van der Waals surface area contributed by atoms with Gasteiger partial charge in [0.25, 0.3) is 5.91 Å². The highest BCUT2D eigenvalue weighted by atomic mass is 16.5. The second-order valence-electron chi connectivity index (χ2n) is 6.42. The molecule has 1 aliphatic heterocycles. The number of carbonyl (C=O) groups excluding carboxylic acids is 1. The molecule has 2 N–H and O–H groups in total. The fourth-order valence-electron chi connectivity index (χ4n) is 3.07. The Labute approximate surface area is 154 Å². The third-order valence-corrected chi connectivity index (χ3v) is 4.52. The van der Waals surface area contributed by atoms with Crippen molar-refractivity contribution in [2.75, 3.05) is 19.0 Å². The summed E-state index contributed by atoms with van der Waals surface area (Å²) < 4.78 is 11.3. The number of hydrogen-bond acceptors (Lipinski definition) is 4. The van der Waals surface area contributed by atoms with E-state index in [0.29, 0.717) is 17.9 Å². The molecule has 5 heteroatoms. The molecule has 0 aliphatic carbocycles. The quantitative estimate of drug-likeness (QED) is 0.685. The van der Waals surface area contributed by atoms with Crippen molar-refractivity contribution < 1.29 is 14.3 Å². The van der Waals surface area contributed by atoms with E-state index in [9.17, 15) is 4.79 Å². The van der Waals surface area contributed by atoms with Gasteiger partial charge in [0.2, 0.25) is 0 Å². The number of carbonyl (C=O) groups is 1. The van der Waals surface area contributed by atoms with Crippen LogP contribution in [0.15, 0.2) is 42.5 Å². The van der Waals surface area contributed by atoms with Crippen LogP contribution in [-0.2, 0) is 0 Å². The molecule has 1 unspecified atom stereocenters. The fraction of sp³-hybridized carbons (Fsp3) is 0.381. The molecule has 1 amide bonds. The molecule has 1 aliphatic rings. The first-order valence-electron chi connectivity index (χ1n) is 9.20. The Morgan fingerprint density at radius 3 is 2.65 bits per heavy atom. The summed E-state index contributed by atoms with van der Waals surface area (Å²) in [7, 11) is 1.63. The van der Waals surface area contributed by atoms with Gasteiger partial charge in [0, 0.05) is 5.69 Å². The van der Waals surface area contributed by atoms with Gasteiger partial charge in [-0.05, 0) is 36.2 Å². The van der Waals surface area contributed by atoms with Crippen LogP contribution in [-0.4, -0.2) is 19.6 Å². The fourth-order valence-corrected chi connectivity index (χ4v) is 3.07. The summed E-state index contributed by atoms with van der Waals surface area (Å²) in [6, 6.07) is 13.3. The Bertz CT molecular complexity index is 761. The van der Waals surface area contributed by atoms with Crippen LogP contribution in [0.3, 0.4) is 0 Å². The molecule has 0 bridgehead atoms. The topological polar surface area (TPSA) is 59.6 Å². The average molecular weight is 354 g/mol. The normalized spacial score (nSPS) is 15.6. The van der Waals surface area contributed by atoms with Crippen molar-refractivity contribution >= 4 is 11.6 Å². The van der Waals surface area contributed by atoms with E-state index >= 15 is 0 Å². The van der Waals surface area contributed by atoms with Crippen molar-refractivity contribution in [3.8, 4) is 11.5 Å². The maximum Gasteiger partial charge on any atom is 0.255 e. The van der Waals surface area contributed by atoms with Crippen LogP contribution in [0.2, 0.25) is 0 Å². The predicted molar refractivity (Wildman–Crippen MR) is 103 cm³/mol. The lowest BCUT2D eigenvalue weighted by molar-refractivity contribution is 0.0935. The number of methoxy groups -OCH3 is 1. The zero-order valence-corrected chi connectivity index (χ0v) is 15.4. The number of hydrogen-bond donors (Lipinski definition) is 2. The van der Waals surface area contributed by atoms with Gasteiger partial charge in [0.1, 0.15) is 6.17 Å². The van der Waals surface area contributed by atoms with Crippen LogP contribution in [0.1, 0.15) is 54.7 Å². The predicted octanol–water partition coefficient (Wildman–Crippen LogP) is 4.51. The molecule has 0 spiro atoms. The Morgan fingerprint density at radius 1 is 1.00 bits per heavy atom. The molecule has 0 saturated carbocycles. The zero-order chi connectivity index (χ0) is 18.4. The average Bonchev–Trinajstić information content (AvgIpc) is 2.68. The van der Waals surface area contributed by atoms with Gasteiger partial charge in [-0.2, -0.15) is 0 Å². The molecule has 138 valence electrons. The second kappa shape index (κ2) is 8.61. The smallest absolute Gasteiger partial charge is 0.255 e. The molecule has 2 aromatic rings. The SMILES string of the molecule is CCCCCCOc1ccc(C2NC(=O)c3ccccc3N2)cc1OC. The third kappa shape index (κ3) is 4.10. The molecule has 1 atom stereocenters. The van der Waals surface area contributed by atoms with Crippen molar-refractivity contribution in [2.24, 2.45) is 0 Å². The van der Waals surface area contributed by atoms with E-state index in [1.165, 1.54) is 19.3 Å². The van der Waals surface area contributed by atoms with Crippen molar-refractivity contribution in [3.05, 3.63) is 53.6 Å². The Kier molecular flexibility index (Phi) is 6.00. The van der Waals surface area contributed by atoms with Crippen LogP contribution in [0.25, 0.3) is 0 Å². The maximum atomic E-state index is 12.3. The zero-order valence-electron chi connectivity index (χ0n) is 15.4. The minimum Gasteiger partial charge on any atom is -0.493 e. The van der Waals surface area contributed by atoms with Gasteiger partial charge < -0.3 is 20.1 Å². The second-order valence-corrected chi connectivity index (χ2v) is 6.42. The van der Waals surface area contributed by atoms with Gasteiger partial charge >= 0.3 is 0 Å². The first-order chi connectivity index (χ1) is 12.7. The summed E-state index contributed by atoms with van der Waals surface area (Å²) >= 11 is 0. The van der Waals surface area contributed by atoms with E-state index in [-0.39, 0.29) is 12.1 Å². The number of ether oxygens (including phenoxy) is 2. The molecule has 2 aromatic carbocycles. The maximum absolute atomic E-state index is 12.3. The number of para-hydroxylation sites is 1. The molecule has 0 aromatic heterocycles. The van der Waals surface area contributed by atoms with Gasteiger partial charge in [0.05, 0.1) is 19.3 Å². The van der Waals surface area contributed by atoms with Gasteiger partial charge in [-0.1, -0.05) is 44.4 Å². The lowest BCUT2D eigenvalue weighted by atomic mass is 10.1. The number of fused-ring (bicyclic) bond motifs is 1. The third-order valence-electron chi connectivity index (χ3n) is 4.52. The van der Waals surface area contributed by atoms with Crippen LogP contribution >= 0.6 is 0 Å². The van der Waals surface area contributed by atoms with Gasteiger partial charge in [0.15, 0.2) is 11.5 Å². The Morgan fingerprint density at radius 2 is 1.85 bits per heavy atom. The van der Waals surface area contributed by atoms with Crippen molar-refractivity contribution in [3.63, 3.8) is 0 Å². The van der Waals surface area contributed by atoms with E-state index in [1.54, 1.807) is 7.11 Å². The molecule has 1 heterocycles. The highest BCUT2D eigenvalue weighted by Crippen LogP contribution is 2.33. The van der Waals surface area contributed by atoms with Crippen LogP contribution in [0.5, 0.6) is 11.5 Å². The van der Waals surface area contributed by atoms with Crippen LogP contribution in [0, 0.1) is 0 Å².